The van der Waals surface area contributed by atoms with Crippen LogP contribution in [0.3, 0.4) is 0 Å². The standard InChI is InChI=1S/2C21H21NO.2CH4O/c2*1-2-20(17-9-5-3-6-10-17)21(23,18-11-7-4-8-12-18)19-13-15-22-16-14-19;2*1-2/h2*3-16,20,23H,2H2,1H3;2*2H,1H3/t2*20-,21-;;/m11../s1. The molecule has 0 aliphatic rings. The summed E-state index contributed by atoms with van der Waals surface area (Å²) in [5.74, 6) is -0.0676. The van der Waals surface area contributed by atoms with Gasteiger partial charge in [-0.05, 0) is 70.5 Å². The van der Waals surface area contributed by atoms with Gasteiger partial charge in [-0.15, -0.1) is 0 Å². The Morgan fingerprint density at radius 2 is 0.640 bits per heavy atom. The van der Waals surface area contributed by atoms with E-state index in [4.69, 9.17) is 10.2 Å². The van der Waals surface area contributed by atoms with Crippen molar-refractivity contribution in [3.05, 3.63) is 204 Å². The summed E-state index contributed by atoms with van der Waals surface area (Å²) in [6.45, 7) is 4.24. The summed E-state index contributed by atoms with van der Waals surface area (Å²) in [7, 11) is 2.00. The van der Waals surface area contributed by atoms with Crippen LogP contribution >= 0.6 is 0 Å². The first-order valence-electron chi connectivity index (χ1n) is 16.9. The van der Waals surface area contributed by atoms with Crippen molar-refractivity contribution in [2.45, 2.75) is 49.7 Å². The number of nitrogens with zero attached hydrogens (tertiary/aromatic N) is 2. The van der Waals surface area contributed by atoms with Gasteiger partial charge >= 0.3 is 0 Å². The Balaban J connectivity index is 0.000000246. The summed E-state index contributed by atoms with van der Waals surface area (Å²) in [5.41, 5.74) is 3.66. The molecule has 6 aromatic rings. The zero-order valence-electron chi connectivity index (χ0n) is 29.4. The van der Waals surface area contributed by atoms with Gasteiger partial charge in [-0.25, -0.2) is 0 Å². The Bertz CT molecular complexity index is 1510. The molecule has 0 bridgehead atoms. The molecule has 4 aromatic carbocycles. The molecule has 0 radical (unpaired) electrons. The van der Waals surface area contributed by atoms with Crippen molar-refractivity contribution in [1.29, 1.82) is 0 Å². The number of rotatable bonds is 10. The second-order valence-corrected chi connectivity index (χ2v) is 11.5. The quantitative estimate of drug-likeness (QED) is 0.117. The number of aliphatic hydroxyl groups excluding tert-OH is 2. The Labute approximate surface area is 297 Å². The number of benzene rings is 4. The average molecular weight is 671 g/mol. The molecule has 50 heavy (non-hydrogen) atoms. The van der Waals surface area contributed by atoms with Crippen LogP contribution in [-0.4, -0.2) is 44.6 Å². The lowest BCUT2D eigenvalue weighted by Gasteiger charge is -2.37. The third-order valence-corrected chi connectivity index (χ3v) is 8.90. The average Bonchev–Trinajstić information content (AvgIpc) is 3.22. The highest BCUT2D eigenvalue weighted by Gasteiger charge is 2.41. The highest BCUT2D eigenvalue weighted by atomic mass is 16.3. The molecule has 0 saturated heterocycles. The molecule has 4 atom stereocenters. The van der Waals surface area contributed by atoms with E-state index in [1.165, 1.54) is 0 Å². The van der Waals surface area contributed by atoms with E-state index in [-0.39, 0.29) is 11.8 Å². The van der Waals surface area contributed by atoms with Crippen molar-refractivity contribution in [3.8, 4) is 0 Å². The van der Waals surface area contributed by atoms with E-state index in [0.717, 1.165) is 60.4 Å². The van der Waals surface area contributed by atoms with Crippen LogP contribution in [-0.2, 0) is 11.2 Å². The molecule has 260 valence electrons. The molecular weight excluding hydrogens is 620 g/mol. The maximum Gasteiger partial charge on any atom is 0.122 e. The van der Waals surface area contributed by atoms with E-state index in [1.807, 2.05) is 121 Å². The van der Waals surface area contributed by atoms with Gasteiger partial charge in [-0.1, -0.05) is 135 Å². The van der Waals surface area contributed by atoms with E-state index in [9.17, 15) is 10.2 Å². The van der Waals surface area contributed by atoms with Crippen LogP contribution in [0.5, 0.6) is 0 Å². The number of hydrogen-bond donors (Lipinski definition) is 4. The molecular formula is C44H50N2O4. The van der Waals surface area contributed by atoms with Crippen LogP contribution in [0, 0.1) is 0 Å². The van der Waals surface area contributed by atoms with E-state index in [0.29, 0.717) is 0 Å². The zero-order valence-corrected chi connectivity index (χ0v) is 29.4. The molecule has 0 spiro atoms. The van der Waals surface area contributed by atoms with Crippen molar-refractivity contribution in [2.75, 3.05) is 14.2 Å². The lowest BCUT2D eigenvalue weighted by Crippen LogP contribution is -2.34. The molecule has 4 N–H and O–H groups in total. The fraction of sp³-hybridized carbons (Fsp3) is 0.227. The van der Waals surface area contributed by atoms with Crippen molar-refractivity contribution in [2.24, 2.45) is 0 Å². The lowest BCUT2D eigenvalue weighted by molar-refractivity contribution is 0.0473. The van der Waals surface area contributed by atoms with E-state index < -0.39 is 11.2 Å². The molecule has 0 unspecified atom stereocenters. The van der Waals surface area contributed by atoms with Crippen molar-refractivity contribution in [3.63, 3.8) is 0 Å². The van der Waals surface area contributed by atoms with E-state index >= 15 is 0 Å². The van der Waals surface area contributed by atoms with Crippen LogP contribution in [0.2, 0.25) is 0 Å². The summed E-state index contributed by atoms with van der Waals surface area (Å²) >= 11 is 0. The molecule has 6 rings (SSSR count). The largest absolute Gasteiger partial charge is 0.400 e. The minimum absolute atomic E-state index is 0.0338. The Morgan fingerprint density at radius 3 is 0.900 bits per heavy atom. The summed E-state index contributed by atoms with van der Waals surface area (Å²) in [6.07, 6.45) is 8.61. The Morgan fingerprint density at radius 1 is 0.400 bits per heavy atom. The van der Waals surface area contributed by atoms with Gasteiger partial charge in [0.25, 0.3) is 0 Å². The summed E-state index contributed by atoms with van der Waals surface area (Å²) in [5, 5.41) is 37.7. The second kappa shape index (κ2) is 20.5. The van der Waals surface area contributed by atoms with Gasteiger partial charge in [-0.3, -0.25) is 9.97 Å². The molecule has 0 aliphatic heterocycles. The molecule has 0 aliphatic carbocycles. The summed E-state index contributed by atoms with van der Waals surface area (Å²) < 4.78 is 0. The van der Waals surface area contributed by atoms with Crippen LogP contribution in [0.4, 0.5) is 0 Å². The Hall–Kier alpha value is -4.98. The van der Waals surface area contributed by atoms with Gasteiger partial charge in [0.2, 0.25) is 0 Å². The van der Waals surface area contributed by atoms with Crippen LogP contribution < -0.4 is 0 Å². The minimum Gasteiger partial charge on any atom is -0.400 e. The first-order chi connectivity index (χ1) is 24.5. The number of pyridine rings is 2. The number of aromatic nitrogens is 2. The van der Waals surface area contributed by atoms with Crippen LogP contribution in [0.25, 0.3) is 0 Å². The molecule has 6 heteroatoms. The first kappa shape index (κ1) is 39.5. The molecule has 0 fully saturated rings. The fourth-order valence-corrected chi connectivity index (χ4v) is 6.65. The number of aliphatic hydroxyl groups is 4. The maximum atomic E-state index is 11.8. The van der Waals surface area contributed by atoms with Crippen molar-refractivity contribution < 1.29 is 20.4 Å². The normalized spacial score (nSPS) is 13.9. The predicted octanol–water partition coefficient (Wildman–Crippen LogP) is 8.24. The van der Waals surface area contributed by atoms with Crippen molar-refractivity contribution in [1.82, 2.24) is 9.97 Å². The van der Waals surface area contributed by atoms with Crippen molar-refractivity contribution >= 4 is 0 Å². The third-order valence-electron chi connectivity index (χ3n) is 8.90. The highest BCUT2D eigenvalue weighted by Crippen LogP contribution is 2.45. The molecule has 2 heterocycles. The number of hydrogen-bond acceptors (Lipinski definition) is 6. The smallest absolute Gasteiger partial charge is 0.122 e. The van der Waals surface area contributed by atoms with E-state index in [2.05, 4.69) is 48.1 Å². The molecule has 6 nitrogen and oxygen atoms in total. The third kappa shape index (κ3) is 9.17. The van der Waals surface area contributed by atoms with Gasteiger partial charge in [0, 0.05) is 50.8 Å². The monoisotopic (exact) mass is 670 g/mol. The topological polar surface area (TPSA) is 107 Å². The highest BCUT2D eigenvalue weighted by molar-refractivity contribution is 5.42. The first-order valence-corrected chi connectivity index (χ1v) is 16.9. The van der Waals surface area contributed by atoms with Crippen LogP contribution in [0.15, 0.2) is 170 Å². The molecule has 0 saturated carbocycles. The van der Waals surface area contributed by atoms with E-state index in [1.54, 1.807) is 24.8 Å². The summed E-state index contributed by atoms with van der Waals surface area (Å²) in [4.78, 5) is 8.20. The second-order valence-electron chi connectivity index (χ2n) is 11.5. The Kier molecular flexibility index (Phi) is 16.2. The van der Waals surface area contributed by atoms with Gasteiger partial charge in [0.05, 0.1) is 0 Å². The SMILES string of the molecule is CC[C@H](c1ccccc1)[C@@](O)(c1ccccc1)c1ccncc1.CC[C@H](c1ccccc1)[C@@](O)(c1ccccc1)c1ccncc1.CO.CO. The van der Waals surface area contributed by atoms with Gasteiger partial charge in [0.1, 0.15) is 11.2 Å². The van der Waals surface area contributed by atoms with Gasteiger partial charge in [0.15, 0.2) is 0 Å². The maximum absolute atomic E-state index is 11.8. The summed E-state index contributed by atoms with van der Waals surface area (Å²) in [6, 6.07) is 47.9. The molecule has 0 amide bonds. The zero-order chi connectivity index (χ0) is 36.2. The lowest BCUT2D eigenvalue weighted by atomic mass is 9.72. The van der Waals surface area contributed by atoms with Gasteiger partial charge < -0.3 is 20.4 Å². The fourth-order valence-electron chi connectivity index (χ4n) is 6.65. The van der Waals surface area contributed by atoms with Gasteiger partial charge in [-0.2, -0.15) is 0 Å². The van der Waals surface area contributed by atoms with Crippen LogP contribution in [0.1, 0.15) is 71.9 Å². The predicted molar refractivity (Wildman–Crippen MR) is 203 cm³/mol. The molecule has 2 aromatic heterocycles. The minimum atomic E-state index is -1.08.